The fourth-order valence-corrected chi connectivity index (χ4v) is 2.11. The van der Waals surface area contributed by atoms with Crippen LogP contribution in [-0.2, 0) is 4.79 Å². The minimum atomic E-state index is -1.17. The van der Waals surface area contributed by atoms with E-state index in [1.54, 1.807) is 0 Å². The van der Waals surface area contributed by atoms with Crippen LogP contribution in [0.4, 0.5) is 9.28 Å². The Balaban J connectivity index is 2.28. The van der Waals surface area contributed by atoms with Gasteiger partial charge >= 0.3 is 6.03 Å². The lowest BCUT2D eigenvalue weighted by atomic mass is 9.82. The third-order valence-electron chi connectivity index (χ3n) is 2.88. The number of halogens is 1. The third-order valence-corrected chi connectivity index (χ3v) is 2.88. The Bertz CT molecular complexity index is 261. The van der Waals surface area contributed by atoms with Crippen molar-refractivity contribution < 1.29 is 14.1 Å². The number of rotatable bonds is 0. The van der Waals surface area contributed by atoms with E-state index in [0.717, 1.165) is 19.3 Å². The van der Waals surface area contributed by atoms with Gasteiger partial charge in [0, 0.05) is 0 Å². The predicted molar refractivity (Wildman–Crippen MR) is 42.3 cm³/mol. The maximum absolute atomic E-state index is 13.3. The second kappa shape index (κ2) is 2.68. The first-order valence-corrected chi connectivity index (χ1v) is 4.48. The van der Waals surface area contributed by atoms with E-state index in [2.05, 4.69) is 0 Å². The van der Waals surface area contributed by atoms with Crippen LogP contribution in [0, 0.1) is 0 Å². The predicted octanol–water partition coefficient (Wildman–Crippen LogP) is 1.13. The molecule has 0 aromatic heterocycles. The molecule has 5 heteroatoms. The van der Waals surface area contributed by atoms with Crippen molar-refractivity contribution in [1.82, 2.24) is 10.4 Å². The van der Waals surface area contributed by atoms with Crippen LogP contribution in [-0.4, -0.2) is 22.6 Å². The molecule has 1 heterocycles. The first-order chi connectivity index (χ1) is 6.17. The SMILES string of the molecule is O=C1NC(=O)C2(CCCCC2)N1F. The van der Waals surface area contributed by atoms with Crippen molar-refractivity contribution in [3.05, 3.63) is 0 Å². The van der Waals surface area contributed by atoms with E-state index >= 15 is 0 Å². The third kappa shape index (κ3) is 1.03. The summed E-state index contributed by atoms with van der Waals surface area (Å²) in [4.78, 5) is 22.2. The van der Waals surface area contributed by atoms with Crippen molar-refractivity contribution in [1.29, 1.82) is 0 Å². The largest absolute Gasteiger partial charge is 0.353 e. The van der Waals surface area contributed by atoms with E-state index in [-0.39, 0.29) is 5.12 Å². The Morgan fingerprint density at radius 3 is 2.31 bits per heavy atom. The average molecular weight is 186 g/mol. The maximum atomic E-state index is 13.3. The van der Waals surface area contributed by atoms with Gasteiger partial charge in [-0.1, -0.05) is 23.7 Å². The zero-order valence-corrected chi connectivity index (χ0v) is 7.18. The summed E-state index contributed by atoms with van der Waals surface area (Å²) in [6.45, 7) is 0. The average Bonchev–Trinajstić information content (AvgIpc) is 2.34. The fraction of sp³-hybridized carbons (Fsp3) is 0.750. The number of nitrogens with one attached hydrogen (secondary N) is 1. The summed E-state index contributed by atoms with van der Waals surface area (Å²) in [6.07, 6.45) is 3.52. The summed E-state index contributed by atoms with van der Waals surface area (Å²) in [6, 6.07) is -0.910. The highest BCUT2D eigenvalue weighted by atomic mass is 19.2. The zero-order chi connectivity index (χ0) is 9.47. The highest BCUT2D eigenvalue weighted by Crippen LogP contribution is 2.37. The standard InChI is InChI=1S/C8H11FN2O2/c9-11-7(13)10-6(12)8(11)4-2-1-3-5-8/h1-5H2,(H,10,12,13). The molecular formula is C8H11FN2O2. The Morgan fingerprint density at radius 1 is 1.23 bits per heavy atom. The minimum absolute atomic E-state index is 0.0779. The van der Waals surface area contributed by atoms with Crippen LogP contribution in [0.25, 0.3) is 0 Å². The van der Waals surface area contributed by atoms with Gasteiger partial charge in [-0.3, -0.25) is 10.1 Å². The van der Waals surface area contributed by atoms with Crippen LogP contribution in [0.2, 0.25) is 0 Å². The first kappa shape index (κ1) is 8.47. The van der Waals surface area contributed by atoms with Crippen LogP contribution < -0.4 is 5.32 Å². The summed E-state index contributed by atoms with van der Waals surface area (Å²) >= 11 is 0. The molecule has 1 aliphatic heterocycles. The van der Waals surface area contributed by atoms with Crippen LogP contribution in [0.5, 0.6) is 0 Å². The monoisotopic (exact) mass is 186 g/mol. The van der Waals surface area contributed by atoms with E-state index in [4.69, 9.17) is 0 Å². The molecule has 2 aliphatic rings. The molecule has 2 rings (SSSR count). The molecule has 0 bridgehead atoms. The minimum Gasteiger partial charge on any atom is -0.274 e. The van der Waals surface area contributed by atoms with Crippen molar-refractivity contribution in [3.8, 4) is 0 Å². The molecule has 2 fully saturated rings. The Kier molecular flexibility index (Phi) is 1.75. The molecule has 1 saturated carbocycles. The molecule has 13 heavy (non-hydrogen) atoms. The van der Waals surface area contributed by atoms with Crippen molar-refractivity contribution in [3.63, 3.8) is 0 Å². The van der Waals surface area contributed by atoms with Gasteiger partial charge in [0.05, 0.1) is 0 Å². The number of imide groups is 1. The Labute approximate surface area is 75.0 Å². The summed E-state index contributed by atoms with van der Waals surface area (Å²) in [7, 11) is 0. The number of carbonyl (C=O) groups excluding carboxylic acids is 2. The summed E-state index contributed by atoms with van der Waals surface area (Å²) in [5.74, 6) is -0.472. The van der Waals surface area contributed by atoms with Gasteiger partial charge in [-0.15, -0.1) is 5.12 Å². The number of hydrogen-bond acceptors (Lipinski definition) is 2. The molecular weight excluding hydrogens is 175 g/mol. The molecule has 0 radical (unpaired) electrons. The van der Waals surface area contributed by atoms with E-state index in [9.17, 15) is 14.1 Å². The fourth-order valence-electron chi connectivity index (χ4n) is 2.11. The van der Waals surface area contributed by atoms with Gasteiger partial charge in [0.25, 0.3) is 5.91 Å². The van der Waals surface area contributed by atoms with Gasteiger partial charge in [-0.05, 0) is 12.8 Å². The highest BCUT2D eigenvalue weighted by Gasteiger charge is 2.54. The maximum Gasteiger partial charge on any atom is 0.353 e. The van der Waals surface area contributed by atoms with Gasteiger partial charge in [-0.2, -0.15) is 0 Å². The van der Waals surface area contributed by atoms with Crippen LogP contribution >= 0.6 is 0 Å². The highest BCUT2D eigenvalue weighted by molar-refractivity contribution is 6.06. The van der Waals surface area contributed by atoms with Crippen LogP contribution in [0.15, 0.2) is 0 Å². The van der Waals surface area contributed by atoms with E-state index in [0.29, 0.717) is 12.8 Å². The Morgan fingerprint density at radius 2 is 1.85 bits per heavy atom. The lowest BCUT2D eigenvalue weighted by molar-refractivity contribution is -0.135. The van der Waals surface area contributed by atoms with Crippen LogP contribution in [0.1, 0.15) is 32.1 Å². The van der Waals surface area contributed by atoms with Gasteiger partial charge in [0.1, 0.15) is 0 Å². The quantitative estimate of drug-likeness (QED) is 0.455. The molecule has 0 atom stereocenters. The first-order valence-electron chi connectivity index (χ1n) is 4.48. The van der Waals surface area contributed by atoms with Crippen LogP contribution in [0.3, 0.4) is 0 Å². The van der Waals surface area contributed by atoms with Crippen molar-refractivity contribution in [2.75, 3.05) is 0 Å². The second-order valence-electron chi connectivity index (χ2n) is 3.63. The number of nitrogens with zero attached hydrogens (tertiary/aromatic N) is 1. The molecule has 0 aromatic carbocycles. The second-order valence-corrected chi connectivity index (χ2v) is 3.63. The molecule has 4 nitrogen and oxygen atoms in total. The van der Waals surface area contributed by atoms with E-state index in [1.165, 1.54) is 0 Å². The molecule has 0 aromatic rings. The molecule has 72 valence electrons. The van der Waals surface area contributed by atoms with Gasteiger partial charge in [0.2, 0.25) is 0 Å². The topological polar surface area (TPSA) is 49.4 Å². The van der Waals surface area contributed by atoms with E-state index < -0.39 is 17.5 Å². The molecule has 0 unspecified atom stereocenters. The Hall–Kier alpha value is -1.13. The van der Waals surface area contributed by atoms with E-state index in [1.807, 2.05) is 5.32 Å². The van der Waals surface area contributed by atoms with Gasteiger partial charge < -0.3 is 0 Å². The number of hydrogen-bond donors (Lipinski definition) is 1. The zero-order valence-electron chi connectivity index (χ0n) is 7.18. The number of carbonyl (C=O) groups is 2. The summed E-state index contributed by atoms with van der Waals surface area (Å²) < 4.78 is 13.3. The van der Waals surface area contributed by atoms with Gasteiger partial charge in [0.15, 0.2) is 5.54 Å². The van der Waals surface area contributed by atoms with Crippen molar-refractivity contribution >= 4 is 11.9 Å². The normalized spacial score (nSPS) is 26.7. The molecule has 1 aliphatic carbocycles. The lowest BCUT2D eigenvalue weighted by Crippen LogP contribution is -2.47. The van der Waals surface area contributed by atoms with Crippen molar-refractivity contribution in [2.45, 2.75) is 37.6 Å². The number of urea groups is 1. The van der Waals surface area contributed by atoms with Crippen molar-refractivity contribution in [2.24, 2.45) is 0 Å². The summed E-state index contributed by atoms with van der Waals surface area (Å²) in [5, 5.41) is 2.08. The lowest BCUT2D eigenvalue weighted by Gasteiger charge is -2.32. The molecule has 1 saturated heterocycles. The van der Waals surface area contributed by atoms with Gasteiger partial charge in [-0.25, -0.2) is 4.79 Å². The number of amides is 3. The molecule has 1 N–H and O–H groups in total. The molecule has 1 spiro atoms. The molecule has 3 amide bonds. The summed E-state index contributed by atoms with van der Waals surface area (Å²) in [5.41, 5.74) is -1.17. The smallest absolute Gasteiger partial charge is 0.274 e.